The standard InChI is InChI=1S/C26H23Cl2N5/c1-26(17-6-10-19(28)11-7-17)14-20(16-4-8-18(27)9-5-16)22-23(32-26)21(15-29)25(31-24(22)30)33-12-2-3-13-33/h4-11,14,32H,2-3,12-13H2,1H3,(H2,30,31). The lowest BCUT2D eigenvalue weighted by Gasteiger charge is -2.37. The predicted molar refractivity (Wildman–Crippen MR) is 136 cm³/mol. The summed E-state index contributed by atoms with van der Waals surface area (Å²) < 4.78 is 0. The van der Waals surface area contributed by atoms with Crippen molar-refractivity contribution in [2.75, 3.05) is 29.0 Å². The van der Waals surface area contributed by atoms with E-state index in [1.165, 1.54) is 0 Å². The van der Waals surface area contributed by atoms with Crippen LogP contribution in [0.15, 0.2) is 54.6 Å². The molecule has 3 aromatic rings. The minimum absolute atomic E-state index is 0.401. The maximum absolute atomic E-state index is 10.2. The fourth-order valence-corrected chi connectivity index (χ4v) is 4.97. The molecule has 7 heteroatoms. The number of fused-ring (bicyclic) bond motifs is 1. The topological polar surface area (TPSA) is 78.0 Å². The maximum atomic E-state index is 10.2. The first-order valence-corrected chi connectivity index (χ1v) is 11.7. The number of nitrogen functional groups attached to an aromatic ring is 1. The molecule has 1 fully saturated rings. The monoisotopic (exact) mass is 475 g/mol. The minimum atomic E-state index is -0.603. The Labute approximate surface area is 203 Å². The van der Waals surface area contributed by atoms with Gasteiger partial charge in [-0.1, -0.05) is 47.5 Å². The highest BCUT2D eigenvalue weighted by Gasteiger charge is 2.36. The van der Waals surface area contributed by atoms with E-state index in [2.05, 4.69) is 29.3 Å². The molecule has 2 aliphatic heterocycles. The van der Waals surface area contributed by atoms with Crippen molar-refractivity contribution in [3.05, 3.63) is 86.9 Å². The summed E-state index contributed by atoms with van der Waals surface area (Å²) in [6.07, 6.45) is 4.29. The second-order valence-corrected chi connectivity index (χ2v) is 9.52. The van der Waals surface area contributed by atoms with E-state index >= 15 is 0 Å². The zero-order valence-electron chi connectivity index (χ0n) is 18.2. The Morgan fingerprint density at radius 2 is 1.64 bits per heavy atom. The van der Waals surface area contributed by atoms with Gasteiger partial charge < -0.3 is 16.0 Å². The highest BCUT2D eigenvalue weighted by Crippen LogP contribution is 2.47. The van der Waals surface area contributed by atoms with Crippen LogP contribution >= 0.6 is 23.2 Å². The Hall–Kier alpha value is -3.20. The lowest BCUT2D eigenvalue weighted by Crippen LogP contribution is -2.34. The highest BCUT2D eigenvalue weighted by molar-refractivity contribution is 6.30. The summed E-state index contributed by atoms with van der Waals surface area (Å²) in [5, 5.41) is 15.2. The summed E-state index contributed by atoms with van der Waals surface area (Å²) in [6.45, 7) is 3.82. The average molecular weight is 476 g/mol. The fourth-order valence-electron chi connectivity index (χ4n) is 4.72. The quantitative estimate of drug-likeness (QED) is 0.470. The number of nitriles is 1. The van der Waals surface area contributed by atoms with Crippen LogP contribution in [-0.4, -0.2) is 18.1 Å². The molecule has 0 bridgehead atoms. The van der Waals surface area contributed by atoms with Gasteiger partial charge in [0.25, 0.3) is 0 Å². The third-order valence-corrected chi connectivity index (χ3v) is 6.91. The molecule has 5 rings (SSSR count). The molecule has 1 atom stereocenters. The first-order valence-electron chi connectivity index (χ1n) is 10.9. The van der Waals surface area contributed by atoms with Crippen LogP contribution in [0.4, 0.5) is 17.3 Å². The molecule has 2 aliphatic rings. The summed E-state index contributed by atoms with van der Waals surface area (Å²) in [5.41, 5.74) is 10.8. The molecule has 0 radical (unpaired) electrons. The number of pyridine rings is 1. The highest BCUT2D eigenvalue weighted by atomic mass is 35.5. The molecule has 0 saturated carbocycles. The van der Waals surface area contributed by atoms with Crippen LogP contribution in [0.3, 0.4) is 0 Å². The summed E-state index contributed by atoms with van der Waals surface area (Å²) >= 11 is 12.3. The molecule has 33 heavy (non-hydrogen) atoms. The van der Waals surface area contributed by atoms with E-state index < -0.39 is 5.54 Å². The Balaban J connectivity index is 1.77. The van der Waals surface area contributed by atoms with Crippen molar-refractivity contribution >= 4 is 46.1 Å². The van der Waals surface area contributed by atoms with Crippen molar-refractivity contribution < 1.29 is 0 Å². The molecule has 2 aromatic carbocycles. The number of halogens is 2. The molecular weight excluding hydrogens is 453 g/mol. The number of hydrogen-bond acceptors (Lipinski definition) is 5. The number of anilines is 3. The molecule has 166 valence electrons. The smallest absolute Gasteiger partial charge is 0.151 e. The number of nitrogens with one attached hydrogen (secondary N) is 1. The average Bonchev–Trinajstić information content (AvgIpc) is 3.34. The van der Waals surface area contributed by atoms with Gasteiger partial charge in [0.05, 0.1) is 11.2 Å². The second kappa shape index (κ2) is 8.30. The zero-order valence-corrected chi connectivity index (χ0v) is 19.7. The third kappa shape index (κ3) is 3.80. The van der Waals surface area contributed by atoms with Crippen LogP contribution in [0.25, 0.3) is 5.57 Å². The largest absolute Gasteiger partial charge is 0.383 e. The van der Waals surface area contributed by atoms with Gasteiger partial charge in [-0.15, -0.1) is 0 Å². The molecule has 1 aromatic heterocycles. The number of aromatic nitrogens is 1. The van der Waals surface area contributed by atoms with Crippen molar-refractivity contribution in [1.82, 2.24) is 4.98 Å². The molecule has 0 aliphatic carbocycles. The summed E-state index contributed by atoms with van der Waals surface area (Å²) in [6, 6.07) is 17.8. The number of nitrogens with two attached hydrogens (primary N) is 1. The van der Waals surface area contributed by atoms with E-state index in [-0.39, 0.29) is 0 Å². The van der Waals surface area contributed by atoms with E-state index in [1.54, 1.807) is 0 Å². The second-order valence-electron chi connectivity index (χ2n) is 8.65. The molecule has 1 saturated heterocycles. The van der Waals surface area contributed by atoms with E-state index in [0.717, 1.165) is 48.2 Å². The van der Waals surface area contributed by atoms with E-state index in [1.807, 2.05) is 48.5 Å². The van der Waals surface area contributed by atoms with Crippen molar-refractivity contribution in [2.24, 2.45) is 0 Å². The molecule has 3 N–H and O–H groups in total. The van der Waals surface area contributed by atoms with Gasteiger partial charge >= 0.3 is 0 Å². The molecule has 5 nitrogen and oxygen atoms in total. The summed E-state index contributed by atoms with van der Waals surface area (Å²) in [5.74, 6) is 1.05. The molecule has 0 amide bonds. The molecule has 0 spiro atoms. The van der Waals surface area contributed by atoms with Gasteiger partial charge in [0.15, 0.2) is 5.82 Å². The van der Waals surface area contributed by atoms with Crippen LogP contribution in [0, 0.1) is 11.3 Å². The summed E-state index contributed by atoms with van der Waals surface area (Å²) in [7, 11) is 0. The van der Waals surface area contributed by atoms with Crippen LogP contribution in [-0.2, 0) is 5.54 Å². The lowest BCUT2D eigenvalue weighted by molar-refractivity contribution is 0.684. The Morgan fingerprint density at radius 1 is 1.03 bits per heavy atom. The van der Waals surface area contributed by atoms with Crippen LogP contribution < -0.4 is 16.0 Å². The fraction of sp³-hybridized carbons (Fsp3) is 0.231. The van der Waals surface area contributed by atoms with Crippen LogP contribution in [0.2, 0.25) is 10.0 Å². The van der Waals surface area contributed by atoms with Crippen molar-refractivity contribution in [3.8, 4) is 6.07 Å². The Bertz CT molecular complexity index is 1290. The maximum Gasteiger partial charge on any atom is 0.151 e. The Morgan fingerprint density at radius 3 is 2.24 bits per heavy atom. The Kier molecular flexibility index (Phi) is 5.44. The SMILES string of the molecule is CC1(c2ccc(Cl)cc2)C=C(c2ccc(Cl)cc2)c2c(N)nc(N3CCCC3)c(C#N)c2N1. The van der Waals surface area contributed by atoms with E-state index in [9.17, 15) is 5.26 Å². The van der Waals surface area contributed by atoms with Gasteiger partial charge in [-0.3, -0.25) is 0 Å². The van der Waals surface area contributed by atoms with Gasteiger partial charge in [0.1, 0.15) is 17.5 Å². The predicted octanol–water partition coefficient (Wildman–Crippen LogP) is 6.22. The first kappa shape index (κ1) is 21.6. The molecular formula is C26H23Cl2N5. The van der Waals surface area contributed by atoms with Crippen molar-refractivity contribution in [2.45, 2.75) is 25.3 Å². The van der Waals surface area contributed by atoms with Gasteiger partial charge in [0.2, 0.25) is 0 Å². The van der Waals surface area contributed by atoms with Crippen LogP contribution in [0.5, 0.6) is 0 Å². The number of benzene rings is 2. The lowest BCUT2D eigenvalue weighted by atomic mass is 9.81. The number of nitrogens with zero attached hydrogens (tertiary/aromatic N) is 3. The number of rotatable bonds is 3. The first-order chi connectivity index (χ1) is 15.9. The van der Waals surface area contributed by atoms with Gasteiger partial charge in [-0.2, -0.15) is 5.26 Å². The van der Waals surface area contributed by atoms with Gasteiger partial charge in [-0.25, -0.2) is 4.98 Å². The van der Waals surface area contributed by atoms with E-state index in [0.29, 0.717) is 32.9 Å². The van der Waals surface area contributed by atoms with Gasteiger partial charge in [-0.05, 0) is 66.8 Å². The molecule has 1 unspecified atom stereocenters. The van der Waals surface area contributed by atoms with Crippen molar-refractivity contribution in [3.63, 3.8) is 0 Å². The third-order valence-electron chi connectivity index (χ3n) is 6.41. The normalized spacial score (nSPS) is 19.5. The molecule has 3 heterocycles. The zero-order chi connectivity index (χ0) is 23.2. The van der Waals surface area contributed by atoms with E-state index in [4.69, 9.17) is 33.9 Å². The van der Waals surface area contributed by atoms with Crippen molar-refractivity contribution in [1.29, 1.82) is 5.26 Å². The minimum Gasteiger partial charge on any atom is -0.383 e. The number of hydrogen-bond donors (Lipinski definition) is 2. The van der Waals surface area contributed by atoms with Gasteiger partial charge in [0, 0.05) is 28.7 Å². The van der Waals surface area contributed by atoms with Crippen LogP contribution in [0.1, 0.15) is 42.0 Å². The summed E-state index contributed by atoms with van der Waals surface area (Å²) in [4.78, 5) is 6.87.